The summed E-state index contributed by atoms with van der Waals surface area (Å²) in [5, 5.41) is 12.2. The zero-order chi connectivity index (χ0) is 22.7. The number of carbonyl (C=O) groups is 2. The van der Waals surface area contributed by atoms with Gasteiger partial charge in [-0.15, -0.1) is 0 Å². The van der Waals surface area contributed by atoms with Crippen LogP contribution in [0.4, 0.5) is 18.0 Å². The van der Waals surface area contributed by atoms with Gasteiger partial charge in [0.05, 0.1) is 16.1 Å². The molecule has 30 heavy (non-hydrogen) atoms. The van der Waals surface area contributed by atoms with Gasteiger partial charge in [0.2, 0.25) is 0 Å². The molecule has 0 aliphatic heterocycles. The number of carbonyl (C=O) groups excluding carboxylic acids is 1. The number of rotatable bonds is 6. The van der Waals surface area contributed by atoms with Crippen LogP contribution in [-0.2, 0) is 12.6 Å². The number of halogens is 4. The van der Waals surface area contributed by atoms with Crippen LogP contribution < -0.4 is 5.32 Å². The Hall–Kier alpha value is -2.49. The lowest BCUT2D eigenvalue weighted by Gasteiger charge is -2.36. The average Bonchev–Trinajstić information content (AvgIpc) is 3.04. The monoisotopic (exact) mass is 490 g/mol. The fraction of sp³-hybridized carbons (Fsp3) is 0.400. The minimum absolute atomic E-state index is 0.0461. The van der Waals surface area contributed by atoms with Gasteiger partial charge in [-0.2, -0.15) is 13.2 Å². The summed E-state index contributed by atoms with van der Waals surface area (Å²) < 4.78 is 45.8. The Morgan fingerprint density at radius 1 is 1.23 bits per heavy atom. The molecule has 10 heteroatoms. The molecule has 0 aliphatic carbocycles. The first-order valence-electron chi connectivity index (χ1n) is 8.99. The molecule has 2 N–H and O–H groups in total. The largest absolute Gasteiger partial charge is 0.465 e. The Labute approximate surface area is 180 Å². The van der Waals surface area contributed by atoms with E-state index in [1.165, 1.54) is 30.5 Å². The van der Waals surface area contributed by atoms with Gasteiger partial charge in [-0.3, -0.25) is 4.79 Å². The molecule has 6 nitrogen and oxygen atoms in total. The molecular formula is C20H22BrF3N2O4. The van der Waals surface area contributed by atoms with Gasteiger partial charge in [0, 0.05) is 18.2 Å². The SMILES string of the molecule is CC(C)(C)N(C[C@H](Cc1ccccc1C(F)(F)F)NC(=O)c1cc(Br)co1)C(=O)O. The third-order valence-electron chi connectivity index (χ3n) is 4.36. The number of hydrogen-bond donors (Lipinski definition) is 2. The van der Waals surface area contributed by atoms with Crippen LogP contribution >= 0.6 is 15.9 Å². The minimum atomic E-state index is -4.58. The number of carboxylic acid groups (broad SMARTS) is 1. The molecule has 0 fully saturated rings. The Kier molecular flexibility index (Phi) is 7.23. The van der Waals surface area contributed by atoms with Crippen molar-refractivity contribution in [2.75, 3.05) is 6.54 Å². The number of nitrogens with zero attached hydrogens (tertiary/aromatic N) is 1. The molecule has 164 valence electrons. The van der Waals surface area contributed by atoms with E-state index in [0.29, 0.717) is 4.47 Å². The van der Waals surface area contributed by atoms with E-state index in [-0.39, 0.29) is 24.3 Å². The van der Waals surface area contributed by atoms with Crippen LogP contribution in [0.15, 0.2) is 45.5 Å². The lowest BCUT2D eigenvalue weighted by Crippen LogP contribution is -2.53. The molecule has 0 unspecified atom stereocenters. The van der Waals surface area contributed by atoms with E-state index in [4.69, 9.17) is 4.42 Å². The smallest absolute Gasteiger partial charge is 0.416 e. The molecular weight excluding hydrogens is 469 g/mol. The zero-order valence-electron chi connectivity index (χ0n) is 16.6. The molecule has 2 aromatic rings. The molecule has 0 aliphatic rings. The standard InChI is InChI=1S/C20H22BrF3N2O4/c1-19(2,3)26(18(28)29)10-14(25-17(27)16-9-13(21)11-30-16)8-12-6-4-5-7-15(12)20(22,23)24/h4-7,9,11,14H,8,10H2,1-3H3,(H,25,27)(H,28,29)/t14-/m0/s1. The second-order valence-electron chi connectivity index (χ2n) is 7.72. The fourth-order valence-electron chi connectivity index (χ4n) is 2.95. The maximum Gasteiger partial charge on any atom is 0.416 e. The molecule has 1 aromatic heterocycles. The van der Waals surface area contributed by atoms with Crippen LogP contribution in [0, 0.1) is 0 Å². The molecule has 0 saturated carbocycles. The van der Waals surface area contributed by atoms with Crippen molar-refractivity contribution in [3.8, 4) is 0 Å². The lowest BCUT2D eigenvalue weighted by atomic mass is 9.97. The van der Waals surface area contributed by atoms with E-state index in [1.54, 1.807) is 20.8 Å². The van der Waals surface area contributed by atoms with Gasteiger partial charge < -0.3 is 19.7 Å². The van der Waals surface area contributed by atoms with Crippen LogP contribution in [0.3, 0.4) is 0 Å². The van der Waals surface area contributed by atoms with Crippen LogP contribution in [0.25, 0.3) is 0 Å². The number of alkyl halides is 3. The topological polar surface area (TPSA) is 82.8 Å². The summed E-state index contributed by atoms with van der Waals surface area (Å²) in [6.45, 7) is 4.77. The summed E-state index contributed by atoms with van der Waals surface area (Å²) in [5.41, 5.74) is -1.70. The summed E-state index contributed by atoms with van der Waals surface area (Å²) in [5.74, 6) is -0.706. The number of hydrogen-bond acceptors (Lipinski definition) is 3. The van der Waals surface area contributed by atoms with Crippen molar-refractivity contribution in [2.45, 2.75) is 44.9 Å². The third kappa shape index (κ3) is 6.25. The van der Waals surface area contributed by atoms with Crippen molar-refractivity contribution in [1.82, 2.24) is 10.2 Å². The molecule has 0 spiro atoms. The van der Waals surface area contributed by atoms with Crippen LogP contribution in [0.2, 0.25) is 0 Å². The number of amides is 2. The summed E-state index contributed by atoms with van der Waals surface area (Å²) >= 11 is 3.15. The highest BCUT2D eigenvalue weighted by atomic mass is 79.9. The summed E-state index contributed by atoms with van der Waals surface area (Å²) in [6, 6.07) is 5.49. The highest BCUT2D eigenvalue weighted by Gasteiger charge is 2.35. The Balaban J connectivity index is 2.36. The van der Waals surface area contributed by atoms with Crippen molar-refractivity contribution in [3.05, 3.63) is 58.0 Å². The molecule has 2 rings (SSSR count). The zero-order valence-corrected chi connectivity index (χ0v) is 18.2. The van der Waals surface area contributed by atoms with Crippen LogP contribution in [0.1, 0.15) is 42.5 Å². The molecule has 1 heterocycles. The van der Waals surface area contributed by atoms with E-state index in [2.05, 4.69) is 21.2 Å². The quantitative estimate of drug-likeness (QED) is 0.584. The van der Waals surface area contributed by atoms with E-state index < -0.39 is 35.3 Å². The van der Waals surface area contributed by atoms with Crippen molar-refractivity contribution >= 4 is 27.9 Å². The van der Waals surface area contributed by atoms with E-state index >= 15 is 0 Å². The normalized spacial score (nSPS) is 13.0. The third-order valence-corrected chi connectivity index (χ3v) is 4.77. The highest BCUT2D eigenvalue weighted by molar-refractivity contribution is 9.10. The van der Waals surface area contributed by atoms with Gasteiger partial charge in [0.15, 0.2) is 5.76 Å². The van der Waals surface area contributed by atoms with Crippen LogP contribution in [0.5, 0.6) is 0 Å². The maximum atomic E-state index is 13.4. The first-order chi connectivity index (χ1) is 13.8. The van der Waals surface area contributed by atoms with Gasteiger partial charge in [-0.05, 0) is 54.8 Å². The van der Waals surface area contributed by atoms with Gasteiger partial charge in [-0.25, -0.2) is 4.79 Å². The maximum absolute atomic E-state index is 13.4. The number of benzene rings is 1. The highest BCUT2D eigenvalue weighted by Crippen LogP contribution is 2.32. The Bertz CT molecular complexity index is 906. The summed E-state index contributed by atoms with van der Waals surface area (Å²) in [7, 11) is 0. The number of nitrogens with one attached hydrogen (secondary N) is 1. The van der Waals surface area contributed by atoms with Gasteiger partial charge in [-0.1, -0.05) is 18.2 Å². The van der Waals surface area contributed by atoms with Gasteiger partial charge >= 0.3 is 12.3 Å². The molecule has 1 atom stereocenters. The second kappa shape index (κ2) is 9.11. The molecule has 0 bridgehead atoms. The average molecular weight is 491 g/mol. The van der Waals surface area contributed by atoms with Crippen molar-refractivity contribution in [2.24, 2.45) is 0 Å². The van der Waals surface area contributed by atoms with Crippen molar-refractivity contribution in [1.29, 1.82) is 0 Å². The van der Waals surface area contributed by atoms with Gasteiger partial charge in [0.25, 0.3) is 5.91 Å². The first-order valence-corrected chi connectivity index (χ1v) is 9.79. The summed E-state index contributed by atoms with van der Waals surface area (Å²) in [6.07, 6.45) is -4.75. The Morgan fingerprint density at radius 2 is 1.87 bits per heavy atom. The van der Waals surface area contributed by atoms with Crippen LogP contribution in [-0.4, -0.2) is 40.1 Å². The van der Waals surface area contributed by atoms with Gasteiger partial charge in [0.1, 0.15) is 6.26 Å². The minimum Gasteiger partial charge on any atom is -0.465 e. The van der Waals surface area contributed by atoms with Crippen molar-refractivity contribution in [3.63, 3.8) is 0 Å². The van der Waals surface area contributed by atoms with Crippen molar-refractivity contribution < 1.29 is 32.3 Å². The molecule has 0 saturated heterocycles. The molecule has 0 radical (unpaired) electrons. The molecule has 2 amide bonds. The van der Waals surface area contributed by atoms with E-state index in [9.17, 15) is 27.9 Å². The van der Waals surface area contributed by atoms with E-state index in [1.807, 2.05) is 0 Å². The summed E-state index contributed by atoms with van der Waals surface area (Å²) in [4.78, 5) is 25.3. The molecule has 1 aromatic carbocycles. The predicted octanol–water partition coefficient (Wildman–Crippen LogP) is 5.18. The Morgan fingerprint density at radius 3 is 2.37 bits per heavy atom. The fourth-order valence-corrected chi connectivity index (χ4v) is 3.25. The lowest BCUT2D eigenvalue weighted by molar-refractivity contribution is -0.138. The second-order valence-corrected chi connectivity index (χ2v) is 8.64. The number of furan rings is 1. The first kappa shape index (κ1) is 23.8. The predicted molar refractivity (Wildman–Crippen MR) is 107 cm³/mol. The van der Waals surface area contributed by atoms with E-state index in [0.717, 1.165) is 11.0 Å².